The first-order valence-corrected chi connectivity index (χ1v) is 4.77. The molecular weight excluding hydrogens is 182 g/mol. The highest BCUT2D eigenvalue weighted by molar-refractivity contribution is 5.63. The van der Waals surface area contributed by atoms with Gasteiger partial charge in [0, 0.05) is 11.9 Å². The molecular formula is C14H11N. The number of rotatable bonds is 3. The Kier molecular flexibility index (Phi) is 2.71. The molecule has 2 rings (SSSR count). The first kappa shape index (κ1) is 9.36. The topological polar surface area (TPSA) is 3.24 Å². The van der Waals surface area contributed by atoms with Crippen molar-refractivity contribution >= 4 is 11.4 Å². The maximum absolute atomic E-state index is 3.81. The van der Waals surface area contributed by atoms with E-state index in [1.54, 1.807) is 6.20 Å². The van der Waals surface area contributed by atoms with E-state index in [9.17, 15) is 0 Å². The van der Waals surface area contributed by atoms with Crippen LogP contribution in [-0.2, 0) is 0 Å². The van der Waals surface area contributed by atoms with Crippen molar-refractivity contribution in [2.75, 3.05) is 4.90 Å². The summed E-state index contributed by atoms with van der Waals surface area (Å²) >= 11 is 0. The molecule has 0 heterocycles. The highest BCUT2D eigenvalue weighted by Crippen LogP contribution is 2.22. The van der Waals surface area contributed by atoms with Gasteiger partial charge in [0.25, 0.3) is 0 Å². The molecule has 2 aromatic carbocycles. The van der Waals surface area contributed by atoms with Crippen molar-refractivity contribution in [3.63, 3.8) is 0 Å². The molecule has 0 radical (unpaired) electrons. The number of benzene rings is 1. The van der Waals surface area contributed by atoms with Crippen molar-refractivity contribution in [1.82, 2.24) is 0 Å². The molecule has 0 unspecified atom stereocenters. The van der Waals surface area contributed by atoms with Gasteiger partial charge in [-0.3, -0.25) is 0 Å². The predicted octanol–water partition coefficient (Wildman–Crippen LogP) is 3.57. The zero-order valence-corrected chi connectivity index (χ0v) is 8.35. The molecule has 1 heteroatoms. The summed E-state index contributed by atoms with van der Waals surface area (Å²) in [7, 11) is 0. The molecule has 15 heavy (non-hydrogen) atoms. The molecule has 0 aliphatic heterocycles. The zero-order chi connectivity index (χ0) is 10.5. The van der Waals surface area contributed by atoms with Crippen molar-refractivity contribution in [2.45, 2.75) is 0 Å². The molecule has 0 N–H and O–H groups in total. The summed E-state index contributed by atoms with van der Waals surface area (Å²) in [6.45, 7) is 3.81. The van der Waals surface area contributed by atoms with Gasteiger partial charge in [-0.2, -0.15) is 0 Å². The summed E-state index contributed by atoms with van der Waals surface area (Å²) in [6, 6.07) is 21.8. The first-order valence-electron chi connectivity index (χ1n) is 4.77. The third-order valence-electron chi connectivity index (χ3n) is 2.11. The van der Waals surface area contributed by atoms with E-state index in [2.05, 4.69) is 18.7 Å². The summed E-state index contributed by atoms with van der Waals surface area (Å²) < 4.78 is 0. The summed E-state index contributed by atoms with van der Waals surface area (Å²) in [4.78, 5) is 1.97. The summed E-state index contributed by atoms with van der Waals surface area (Å²) in [5.41, 5.74) is 2.02. The number of hydrogen-bond acceptors (Lipinski definition) is 1. The van der Waals surface area contributed by atoms with Crippen molar-refractivity contribution in [2.24, 2.45) is 0 Å². The Morgan fingerprint density at radius 1 is 1.07 bits per heavy atom. The van der Waals surface area contributed by atoms with Gasteiger partial charge in [0.05, 0.1) is 5.69 Å². The largest absolute Gasteiger partial charge is 0.311 e. The second kappa shape index (κ2) is 4.34. The van der Waals surface area contributed by atoms with E-state index < -0.39 is 0 Å². The summed E-state index contributed by atoms with van der Waals surface area (Å²) in [5.74, 6) is 0. The Morgan fingerprint density at radius 2 is 1.87 bits per heavy atom. The Balaban J connectivity index is 2.38. The van der Waals surface area contributed by atoms with E-state index in [1.165, 1.54) is 0 Å². The normalized spacial score (nSPS) is 9.07. The van der Waals surface area contributed by atoms with Gasteiger partial charge in [-0.1, -0.05) is 36.9 Å². The average molecular weight is 193 g/mol. The fourth-order valence-electron chi connectivity index (χ4n) is 1.42. The van der Waals surface area contributed by atoms with E-state index in [1.807, 2.05) is 53.4 Å². The Labute approximate surface area is 90.3 Å². The van der Waals surface area contributed by atoms with Gasteiger partial charge >= 0.3 is 0 Å². The molecule has 0 aliphatic rings. The monoisotopic (exact) mass is 193 g/mol. The van der Waals surface area contributed by atoms with E-state index in [4.69, 9.17) is 0 Å². The van der Waals surface area contributed by atoms with Gasteiger partial charge in [-0.15, -0.1) is 0 Å². The SMILES string of the molecule is C=CN(c1c#cccc1)c1ccccc1. The maximum Gasteiger partial charge on any atom is 0.0968 e. The van der Waals surface area contributed by atoms with Crippen LogP contribution in [0.3, 0.4) is 0 Å². The van der Waals surface area contributed by atoms with Gasteiger partial charge in [0.2, 0.25) is 0 Å². The lowest BCUT2D eigenvalue weighted by atomic mass is 10.2. The van der Waals surface area contributed by atoms with Gasteiger partial charge in [0.15, 0.2) is 0 Å². The van der Waals surface area contributed by atoms with Crippen molar-refractivity contribution in [3.8, 4) is 0 Å². The van der Waals surface area contributed by atoms with Crippen LogP contribution >= 0.6 is 0 Å². The fraction of sp³-hybridized carbons (Fsp3) is 0. The molecule has 0 spiro atoms. The second-order valence-corrected chi connectivity index (χ2v) is 3.07. The van der Waals surface area contributed by atoms with Crippen LogP contribution < -0.4 is 4.90 Å². The van der Waals surface area contributed by atoms with Crippen LogP contribution in [0, 0.1) is 12.1 Å². The van der Waals surface area contributed by atoms with Crippen LogP contribution in [0.5, 0.6) is 0 Å². The zero-order valence-electron chi connectivity index (χ0n) is 8.35. The quantitative estimate of drug-likeness (QED) is 0.720. The molecule has 0 aliphatic carbocycles. The van der Waals surface area contributed by atoms with Crippen LogP contribution in [0.15, 0.2) is 61.3 Å². The minimum atomic E-state index is 0.943. The van der Waals surface area contributed by atoms with E-state index in [0.29, 0.717) is 0 Å². The lowest BCUT2D eigenvalue weighted by Gasteiger charge is -2.17. The summed E-state index contributed by atoms with van der Waals surface area (Å²) in [5, 5.41) is 0. The van der Waals surface area contributed by atoms with Crippen LogP contribution in [-0.4, -0.2) is 0 Å². The van der Waals surface area contributed by atoms with Crippen molar-refractivity contribution in [1.29, 1.82) is 0 Å². The first-order chi connectivity index (χ1) is 7.42. The molecule has 0 amide bonds. The number of nitrogens with zero attached hydrogens (tertiary/aromatic N) is 1. The minimum absolute atomic E-state index is 0.943. The molecule has 0 atom stereocenters. The number of para-hydroxylation sites is 1. The Bertz CT molecular complexity index is 380. The molecule has 0 aromatic heterocycles. The summed E-state index contributed by atoms with van der Waals surface area (Å²) in [6.07, 6.45) is 1.77. The molecule has 0 fully saturated rings. The minimum Gasteiger partial charge on any atom is -0.311 e. The predicted molar refractivity (Wildman–Crippen MR) is 62.9 cm³/mol. The molecule has 72 valence electrons. The van der Waals surface area contributed by atoms with Crippen molar-refractivity contribution < 1.29 is 0 Å². The second-order valence-electron chi connectivity index (χ2n) is 3.07. The van der Waals surface area contributed by atoms with E-state index in [0.717, 1.165) is 11.4 Å². The highest BCUT2D eigenvalue weighted by Gasteiger charge is 2.02. The standard InChI is InChI=1S/C14H11N/c1-2-15(13-9-5-3-6-10-13)14-11-7-4-8-12-14/h2-7,9-11H,1H2. The van der Waals surface area contributed by atoms with Crippen LogP contribution in [0.2, 0.25) is 0 Å². The maximum atomic E-state index is 3.81. The third-order valence-corrected chi connectivity index (χ3v) is 2.11. The van der Waals surface area contributed by atoms with Crippen molar-refractivity contribution in [3.05, 3.63) is 73.4 Å². The molecule has 1 nitrogen and oxygen atoms in total. The molecule has 0 saturated heterocycles. The van der Waals surface area contributed by atoms with Gasteiger partial charge in [-0.05, 0) is 30.3 Å². The number of anilines is 2. The Morgan fingerprint density at radius 3 is 2.47 bits per heavy atom. The van der Waals surface area contributed by atoms with Crippen LogP contribution in [0.4, 0.5) is 11.4 Å². The highest BCUT2D eigenvalue weighted by atomic mass is 15.1. The van der Waals surface area contributed by atoms with E-state index >= 15 is 0 Å². The smallest absolute Gasteiger partial charge is 0.0968 e. The molecule has 2 aromatic rings. The third kappa shape index (κ3) is 2.00. The van der Waals surface area contributed by atoms with Gasteiger partial charge < -0.3 is 4.90 Å². The Hall–Kier alpha value is -2.20. The fourth-order valence-corrected chi connectivity index (χ4v) is 1.42. The molecule has 0 saturated carbocycles. The number of hydrogen-bond donors (Lipinski definition) is 0. The lowest BCUT2D eigenvalue weighted by molar-refractivity contribution is 1.29. The van der Waals surface area contributed by atoms with Gasteiger partial charge in [-0.25, -0.2) is 0 Å². The van der Waals surface area contributed by atoms with E-state index in [-0.39, 0.29) is 0 Å². The molecule has 0 bridgehead atoms. The van der Waals surface area contributed by atoms with Crippen LogP contribution in [0.25, 0.3) is 0 Å². The van der Waals surface area contributed by atoms with Gasteiger partial charge in [0.1, 0.15) is 0 Å². The average Bonchev–Trinajstić information content (AvgIpc) is 2.33. The lowest BCUT2D eigenvalue weighted by Crippen LogP contribution is -2.06. The van der Waals surface area contributed by atoms with Crippen LogP contribution in [0.1, 0.15) is 0 Å².